The lowest BCUT2D eigenvalue weighted by atomic mass is 9.96. The SMILES string of the molecule is C=CCOc1ccc(Cl)c(Cl)c1[C@H]1CN=C(N)C1. The van der Waals surface area contributed by atoms with Crippen molar-refractivity contribution in [3.8, 4) is 5.75 Å². The maximum Gasteiger partial charge on any atom is 0.124 e. The zero-order valence-corrected chi connectivity index (χ0v) is 11.3. The highest BCUT2D eigenvalue weighted by atomic mass is 35.5. The van der Waals surface area contributed by atoms with Crippen LogP contribution in [0, 0.1) is 0 Å². The van der Waals surface area contributed by atoms with Crippen molar-refractivity contribution in [2.45, 2.75) is 12.3 Å². The van der Waals surface area contributed by atoms with Crippen molar-refractivity contribution in [2.75, 3.05) is 13.2 Å². The molecule has 3 nitrogen and oxygen atoms in total. The standard InChI is InChI=1S/C13H14Cl2N2O/c1-2-5-18-10-4-3-9(14)13(15)12(10)8-6-11(16)17-7-8/h2-4,8H,1,5-7H2,(H2,16,17)/t8-/m1/s1. The smallest absolute Gasteiger partial charge is 0.124 e. The van der Waals surface area contributed by atoms with Gasteiger partial charge in [-0.2, -0.15) is 0 Å². The Morgan fingerprint density at radius 1 is 1.50 bits per heavy atom. The van der Waals surface area contributed by atoms with Crippen LogP contribution in [0.5, 0.6) is 5.75 Å². The van der Waals surface area contributed by atoms with Crippen molar-refractivity contribution in [1.82, 2.24) is 0 Å². The summed E-state index contributed by atoms with van der Waals surface area (Å²) in [6.07, 6.45) is 2.37. The van der Waals surface area contributed by atoms with E-state index in [2.05, 4.69) is 11.6 Å². The Balaban J connectivity index is 2.35. The van der Waals surface area contributed by atoms with Crippen LogP contribution < -0.4 is 10.5 Å². The van der Waals surface area contributed by atoms with Crippen LogP contribution in [0.25, 0.3) is 0 Å². The van der Waals surface area contributed by atoms with Gasteiger partial charge in [0.25, 0.3) is 0 Å². The monoisotopic (exact) mass is 284 g/mol. The fourth-order valence-electron chi connectivity index (χ4n) is 2.01. The van der Waals surface area contributed by atoms with Gasteiger partial charge in [-0.3, -0.25) is 4.99 Å². The molecule has 0 radical (unpaired) electrons. The number of rotatable bonds is 4. The average Bonchev–Trinajstić information content (AvgIpc) is 2.77. The molecule has 0 spiro atoms. The van der Waals surface area contributed by atoms with Crippen LogP contribution in [-0.2, 0) is 0 Å². The number of hydrogen-bond donors (Lipinski definition) is 1. The van der Waals surface area contributed by atoms with Gasteiger partial charge < -0.3 is 10.5 Å². The molecule has 2 rings (SSSR count). The van der Waals surface area contributed by atoms with Crippen LogP contribution in [0.1, 0.15) is 17.9 Å². The Bertz CT molecular complexity index is 500. The predicted octanol–water partition coefficient (Wildman–Crippen LogP) is 3.40. The molecule has 18 heavy (non-hydrogen) atoms. The summed E-state index contributed by atoms with van der Waals surface area (Å²) in [6, 6.07) is 3.55. The second-order valence-corrected chi connectivity index (χ2v) is 4.89. The second kappa shape index (κ2) is 5.63. The van der Waals surface area contributed by atoms with E-state index in [-0.39, 0.29) is 5.92 Å². The molecule has 0 aliphatic carbocycles. The van der Waals surface area contributed by atoms with Crippen molar-refractivity contribution in [3.63, 3.8) is 0 Å². The Morgan fingerprint density at radius 2 is 2.28 bits per heavy atom. The zero-order chi connectivity index (χ0) is 13.1. The van der Waals surface area contributed by atoms with Crippen LogP contribution in [0.15, 0.2) is 29.8 Å². The molecule has 1 aliphatic rings. The van der Waals surface area contributed by atoms with E-state index >= 15 is 0 Å². The van der Waals surface area contributed by atoms with Gasteiger partial charge in [0.2, 0.25) is 0 Å². The van der Waals surface area contributed by atoms with Crippen LogP contribution in [0.4, 0.5) is 0 Å². The molecule has 0 aromatic heterocycles. The summed E-state index contributed by atoms with van der Waals surface area (Å²) < 4.78 is 5.62. The minimum absolute atomic E-state index is 0.135. The molecule has 0 saturated heterocycles. The van der Waals surface area contributed by atoms with Crippen molar-refractivity contribution >= 4 is 29.0 Å². The Labute approximate surface area is 116 Å². The fraction of sp³-hybridized carbons (Fsp3) is 0.308. The number of nitrogens with two attached hydrogens (primary N) is 1. The summed E-state index contributed by atoms with van der Waals surface area (Å²) in [7, 11) is 0. The molecular formula is C13H14Cl2N2O. The van der Waals surface area contributed by atoms with Gasteiger partial charge in [0.15, 0.2) is 0 Å². The molecule has 0 amide bonds. The minimum atomic E-state index is 0.135. The van der Waals surface area contributed by atoms with Crippen molar-refractivity contribution in [1.29, 1.82) is 0 Å². The largest absolute Gasteiger partial charge is 0.489 e. The number of amidine groups is 1. The molecule has 1 aromatic carbocycles. The highest BCUT2D eigenvalue weighted by molar-refractivity contribution is 6.42. The number of nitrogens with zero attached hydrogens (tertiary/aromatic N) is 1. The molecule has 1 atom stereocenters. The van der Waals surface area contributed by atoms with Gasteiger partial charge in [-0.05, 0) is 12.1 Å². The molecule has 0 saturated carbocycles. The topological polar surface area (TPSA) is 47.6 Å². The third-order valence-electron chi connectivity index (χ3n) is 2.83. The van der Waals surface area contributed by atoms with E-state index in [1.54, 1.807) is 12.1 Å². The van der Waals surface area contributed by atoms with Crippen molar-refractivity contribution in [2.24, 2.45) is 10.7 Å². The van der Waals surface area contributed by atoms with E-state index in [9.17, 15) is 0 Å². The quantitative estimate of drug-likeness (QED) is 0.862. The van der Waals surface area contributed by atoms with E-state index in [0.717, 1.165) is 11.3 Å². The molecule has 0 bridgehead atoms. The Morgan fingerprint density at radius 3 is 2.89 bits per heavy atom. The Kier molecular flexibility index (Phi) is 4.15. The highest BCUT2D eigenvalue weighted by Gasteiger charge is 2.25. The lowest BCUT2D eigenvalue weighted by Crippen LogP contribution is -2.10. The summed E-state index contributed by atoms with van der Waals surface area (Å²) in [5, 5.41) is 1.04. The van der Waals surface area contributed by atoms with Gasteiger partial charge in [0.05, 0.1) is 15.9 Å². The molecule has 0 fully saturated rings. The zero-order valence-electron chi connectivity index (χ0n) is 9.83. The van der Waals surface area contributed by atoms with Gasteiger partial charge in [0, 0.05) is 24.4 Å². The Hall–Kier alpha value is -1.19. The number of hydrogen-bond acceptors (Lipinski definition) is 3. The highest BCUT2D eigenvalue weighted by Crippen LogP contribution is 2.40. The van der Waals surface area contributed by atoms with Crippen molar-refractivity contribution < 1.29 is 4.74 Å². The van der Waals surface area contributed by atoms with Gasteiger partial charge in [-0.15, -0.1) is 0 Å². The third-order valence-corrected chi connectivity index (χ3v) is 3.65. The predicted molar refractivity (Wildman–Crippen MR) is 76.0 cm³/mol. The lowest BCUT2D eigenvalue weighted by molar-refractivity contribution is 0.357. The van der Waals surface area contributed by atoms with Crippen molar-refractivity contribution in [3.05, 3.63) is 40.4 Å². The first-order chi connectivity index (χ1) is 8.63. The van der Waals surface area contributed by atoms with Gasteiger partial charge >= 0.3 is 0 Å². The molecule has 1 aromatic rings. The first kappa shape index (κ1) is 13.2. The third kappa shape index (κ3) is 2.62. The summed E-state index contributed by atoms with van der Waals surface area (Å²) >= 11 is 12.3. The summed E-state index contributed by atoms with van der Waals surface area (Å²) in [4.78, 5) is 4.20. The van der Waals surface area contributed by atoms with E-state index < -0.39 is 0 Å². The van der Waals surface area contributed by atoms with Gasteiger partial charge in [-0.1, -0.05) is 35.9 Å². The van der Waals surface area contributed by atoms with Crippen LogP contribution in [-0.4, -0.2) is 19.0 Å². The van der Waals surface area contributed by atoms with Gasteiger partial charge in [0.1, 0.15) is 12.4 Å². The van der Waals surface area contributed by atoms with E-state index in [1.165, 1.54) is 0 Å². The molecule has 2 N–H and O–H groups in total. The fourth-order valence-corrected chi connectivity index (χ4v) is 2.48. The summed E-state index contributed by atoms with van der Waals surface area (Å²) in [6.45, 7) is 4.67. The average molecular weight is 285 g/mol. The number of halogens is 2. The van der Waals surface area contributed by atoms with E-state index in [0.29, 0.717) is 35.5 Å². The summed E-state index contributed by atoms with van der Waals surface area (Å²) in [5.74, 6) is 1.50. The first-order valence-electron chi connectivity index (χ1n) is 5.64. The normalized spacial score (nSPS) is 18.6. The van der Waals surface area contributed by atoms with Crippen LogP contribution in [0.3, 0.4) is 0 Å². The van der Waals surface area contributed by atoms with Crippen LogP contribution in [0.2, 0.25) is 10.0 Å². The lowest BCUT2D eigenvalue weighted by Gasteiger charge is -2.17. The van der Waals surface area contributed by atoms with Gasteiger partial charge in [-0.25, -0.2) is 0 Å². The first-order valence-corrected chi connectivity index (χ1v) is 6.39. The summed E-state index contributed by atoms with van der Waals surface area (Å²) in [5.41, 5.74) is 6.60. The second-order valence-electron chi connectivity index (χ2n) is 4.11. The number of ether oxygens (including phenoxy) is 1. The molecule has 1 heterocycles. The minimum Gasteiger partial charge on any atom is -0.489 e. The number of aliphatic imine (C=N–C) groups is 1. The molecule has 1 aliphatic heterocycles. The van der Waals surface area contributed by atoms with E-state index in [4.69, 9.17) is 33.7 Å². The maximum absolute atomic E-state index is 6.28. The molecular weight excluding hydrogens is 271 g/mol. The molecule has 96 valence electrons. The number of benzene rings is 1. The molecule has 0 unspecified atom stereocenters. The van der Waals surface area contributed by atoms with Crippen LogP contribution >= 0.6 is 23.2 Å². The molecule has 5 heteroatoms. The maximum atomic E-state index is 6.28. The van der Waals surface area contributed by atoms with E-state index in [1.807, 2.05) is 6.07 Å².